The second-order valence-electron chi connectivity index (χ2n) is 4.88. The van der Waals surface area contributed by atoms with Crippen LogP contribution < -0.4 is 10.2 Å². The Kier molecular flexibility index (Phi) is 4.47. The molecule has 2 amide bonds. The van der Waals surface area contributed by atoms with Gasteiger partial charge < -0.3 is 15.3 Å². The molecule has 0 saturated carbocycles. The average molecular weight is 311 g/mol. The van der Waals surface area contributed by atoms with E-state index in [1.165, 1.54) is 11.8 Å². The molecule has 1 fully saturated rings. The number of benzene rings is 1. The van der Waals surface area contributed by atoms with Gasteiger partial charge in [0.15, 0.2) is 0 Å². The highest BCUT2D eigenvalue weighted by Gasteiger charge is 2.38. The van der Waals surface area contributed by atoms with Crippen molar-refractivity contribution in [3.05, 3.63) is 29.3 Å². The van der Waals surface area contributed by atoms with Crippen LogP contribution in [0.3, 0.4) is 0 Å². The van der Waals surface area contributed by atoms with E-state index in [1.54, 1.807) is 24.3 Å². The van der Waals surface area contributed by atoms with Gasteiger partial charge in [-0.2, -0.15) is 0 Å². The van der Waals surface area contributed by atoms with Crippen molar-refractivity contribution in [2.24, 2.45) is 5.92 Å². The molecule has 6 nitrogen and oxygen atoms in total. The number of nitrogens with zero attached hydrogens (tertiary/aromatic N) is 1. The van der Waals surface area contributed by atoms with Gasteiger partial charge in [0.2, 0.25) is 11.8 Å². The Hall–Kier alpha value is -2.08. The zero-order valence-electron chi connectivity index (χ0n) is 11.4. The number of rotatable bonds is 4. The quantitative estimate of drug-likeness (QED) is 0.820. The molecule has 1 aromatic carbocycles. The first-order valence-corrected chi connectivity index (χ1v) is 6.88. The van der Waals surface area contributed by atoms with Gasteiger partial charge in [0, 0.05) is 17.3 Å². The monoisotopic (exact) mass is 310 g/mol. The molecular weight excluding hydrogens is 296 g/mol. The number of halogens is 1. The molecule has 0 aromatic heterocycles. The second kappa shape index (κ2) is 6.13. The van der Waals surface area contributed by atoms with Gasteiger partial charge >= 0.3 is 5.97 Å². The molecule has 0 aliphatic carbocycles. The summed E-state index contributed by atoms with van der Waals surface area (Å²) in [6.45, 7) is 1.76. The van der Waals surface area contributed by atoms with Crippen LogP contribution in [0.15, 0.2) is 24.3 Å². The van der Waals surface area contributed by atoms with Crippen molar-refractivity contribution in [1.29, 1.82) is 0 Å². The van der Waals surface area contributed by atoms with Crippen molar-refractivity contribution in [2.45, 2.75) is 19.4 Å². The van der Waals surface area contributed by atoms with Crippen LogP contribution in [0.1, 0.15) is 13.3 Å². The Bertz CT molecular complexity index is 590. The van der Waals surface area contributed by atoms with E-state index in [-0.39, 0.29) is 5.91 Å². The van der Waals surface area contributed by atoms with Crippen molar-refractivity contribution in [3.63, 3.8) is 0 Å². The highest BCUT2D eigenvalue weighted by molar-refractivity contribution is 6.31. The van der Waals surface area contributed by atoms with E-state index in [0.717, 1.165) is 0 Å². The van der Waals surface area contributed by atoms with E-state index in [4.69, 9.17) is 16.7 Å². The fourth-order valence-corrected chi connectivity index (χ4v) is 2.38. The fourth-order valence-electron chi connectivity index (χ4n) is 2.20. The standard InChI is InChI=1S/C14H15ClN2O4/c1-8(14(20)21)16-12(18)11-5-6-17(13(11)19)10-4-2-3-9(15)7-10/h2-4,7-8,11H,5-6H2,1H3,(H,16,18)(H,20,21)/t8-,11+/m0/s1. The molecule has 0 spiro atoms. The van der Waals surface area contributed by atoms with Gasteiger partial charge in [-0.15, -0.1) is 0 Å². The summed E-state index contributed by atoms with van der Waals surface area (Å²) in [5.41, 5.74) is 0.633. The van der Waals surface area contributed by atoms with Gasteiger partial charge in [-0.1, -0.05) is 17.7 Å². The van der Waals surface area contributed by atoms with Gasteiger partial charge in [0.1, 0.15) is 12.0 Å². The van der Waals surface area contributed by atoms with E-state index in [2.05, 4.69) is 5.32 Å². The van der Waals surface area contributed by atoms with Crippen LogP contribution in [-0.4, -0.2) is 35.5 Å². The molecule has 1 saturated heterocycles. The molecule has 2 N–H and O–H groups in total. The third kappa shape index (κ3) is 3.33. The predicted octanol–water partition coefficient (Wildman–Crippen LogP) is 1.28. The largest absolute Gasteiger partial charge is 0.480 e. The van der Waals surface area contributed by atoms with Gasteiger partial charge in [-0.3, -0.25) is 14.4 Å². The Labute approximate surface area is 126 Å². The summed E-state index contributed by atoms with van der Waals surface area (Å²) in [5, 5.41) is 11.6. The normalized spacial score (nSPS) is 19.4. The molecule has 1 aromatic rings. The summed E-state index contributed by atoms with van der Waals surface area (Å²) < 4.78 is 0. The summed E-state index contributed by atoms with van der Waals surface area (Å²) in [4.78, 5) is 36.5. The topological polar surface area (TPSA) is 86.7 Å². The molecule has 112 valence electrons. The van der Waals surface area contributed by atoms with Crippen molar-refractivity contribution in [2.75, 3.05) is 11.4 Å². The maximum Gasteiger partial charge on any atom is 0.325 e. The van der Waals surface area contributed by atoms with Crippen LogP contribution in [0.2, 0.25) is 5.02 Å². The first-order valence-electron chi connectivity index (χ1n) is 6.50. The molecule has 21 heavy (non-hydrogen) atoms. The summed E-state index contributed by atoms with van der Waals surface area (Å²) in [6, 6.07) is 5.80. The zero-order valence-corrected chi connectivity index (χ0v) is 12.1. The van der Waals surface area contributed by atoms with Crippen LogP contribution in [0.25, 0.3) is 0 Å². The molecule has 7 heteroatoms. The summed E-state index contributed by atoms with van der Waals surface area (Å²) in [7, 11) is 0. The number of nitrogens with one attached hydrogen (secondary N) is 1. The minimum atomic E-state index is -1.14. The molecule has 2 atom stereocenters. The van der Waals surface area contributed by atoms with Gasteiger partial charge in [-0.05, 0) is 31.5 Å². The van der Waals surface area contributed by atoms with E-state index in [1.807, 2.05) is 0 Å². The number of aliphatic carboxylic acids is 1. The maximum atomic E-state index is 12.3. The minimum Gasteiger partial charge on any atom is -0.480 e. The van der Waals surface area contributed by atoms with Crippen molar-refractivity contribution < 1.29 is 19.5 Å². The summed E-state index contributed by atoms with van der Waals surface area (Å²) in [5.74, 6) is -2.89. The van der Waals surface area contributed by atoms with Crippen LogP contribution >= 0.6 is 11.6 Å². The lowest BCUT2D eigenvalue weighted by atomic mass is 10.1. The van der Waals surface area contributed by atoms with E-state index in [9.17, 15) is 14.4 Å². The average Bonchev–Trinajstić information content (AvgIpc) is 2.80. The van der Waals surface area contributed by atoms with Crippen molar-refractivity contribution >= 4 is 35.1 Å². The Morgan fingerprint density at radius 2 is 2.19 bits per heavy atom. The van der Waals surface area contributed by atoms with E-state index < -0.39 is 23.8 Å². The molecule has 1 aliphatic rings. The second-order valence-corrected chi connectivity index (χ2v) is 5.32. The number of amides is 2. The van der Waals surface area contributed by atoms with Crippen LogP contribution in [0, 0.1) is 5.92 Å². The van der Waals surface area contributed by atoms with Gasteiger partial charge in [0.05, 0.1) is 0 Å². The maximum absolute atomic E-state index is 12.3. The summed E-state index contributed by atoms with van der Waals surface area (Å²) in [6.07, 6.45) is 0.351. The number of carboxylic acid groups (broad SMARTS) is 1. The number of hydrogen-bond acceptors (Lipinski definition) is 3. The highest BCUT2D eigenvalue weighted by atomic mass is 35.5. The molecule has 1 heterocycles. The minimum absolute atomic E-state index is 0.340. The number of anilines is 1. The number of carbonyl (C=O) groups excluding carboxylic acids is 2. The first kappa shape index (κ1) is 15.3. The lowest BCUT2D eigenvalue weighted by Crippen LogP contribution is -2.44. The molecular formula is C14H15ClN2O4. The van der Waals surface area contributed by atoms with Crippen molar-refractivity contribution in [3.8, 4) is 0 Å². The number of hydrogen-bond donors (Lipinski definition) is 2. The Balaban J connectivity index is 2.08. The smallest absolute Gasteiger partial charge is 0.325 e. The predicted molar refractivity (Wildman–Crippen MR) is 77.2 cm³/mol. The molecule has 0 radical (unpaired) electrons. The Morgan fingerprint density at radius 1 is 1.48 bits per heavy atom. The lowest BCUT2D eigenvalue weighted by molar-refractivity contribution is -0.143. The molecule has 0 bridgehead atoms. The van der Waals surface area contributed by atoms with Gasteiger partial charge in [0.25, 0.3) is 0 Å². The van der Waals surface area contributed by atoms with Crippen LogP contribution in [0.4, 0.5) is 5.69 Å². The zero-order chi connectivity index (χ0) is 15.6. The molecule has 1 aliphatic heterocycles. The number of carboxylic acids is 1. The van der Waals surface area contributed by atoms with Crippen molar-refractivity contribution in [1.82, 2.24) is 5.32 Å². The Morgan fingerprint density at radius 3 is 2.81 bits per heavy atom. The fraction of sp³-hybridized carbons (Fsp3) is 0.357. The summed E-state index contributed by atoms with van der Waals surface area (Å²) >= 11 is 5.89. The van der Waals surface area contributed by atoms with Crippen LogP contribution in [0.5, 0.6) is 0 Å². The third-order valence-electron chi connectivity index (χ3n) is 3.37. The number of carbonyl (C=O) groups is 3. The highest BCUT2D eigenvalue weighted by Crippen LogP contribution is 2.27. The van der Waals surface area contributed by atoms with Crippen LogP contribution in [-0.2, 0) is 14.4 Å². The van der Waals surface area contributed by atoms with E-state index in [0.29, 0.717) is 23.7 Å². The molecule has 0 unspecified atom stereocenters. The van der Waals surface area contributed by atoms with Gasteiger partial charge in [-0.25, -0.2) is 0 Å². The lowest BCUT2D eigenvalue weighted by Gasteiger charge is -2.17. The SMILES string of the molecule is C[C@H](NC(=O)[C@H]1CCN(c2cccc(Cl)c2)C1=O)C(=O)O. The van der Waals surface area contributed by atoms with E-state index >= 15 is 0 Å². The third-order valence-corrected chi connectivity index (χ3v) is 3.61. The molecule has 2 rings (SSSR count). The first-order chi connectivity index (χ1) is 9.90.